The lowest BCUT2D eigenvalue weighted by atomic mass is 10.1. The molecule has 1 aromatic heterocycles. The van der Waals surface area contributed by atoms with E-state index in [1.165, 1.54) is 7.11 Å². The number of ether oxygens (including phenoxy) is 1. The third-order valence-electron chi connectivity index (χ3n) is 3.16. The van der Waals surface area contributed by atoms with Gasteiger partial charge >= 0.3 is 5.97 Å². The van der Waals surface area contributed by atoms with Crippen LogP contribution in [0.1, 0.15) is 28.7 Å². The van der Waals surface area contributed by atoms with Gasteiger partial charge < -0.3 is 14.6 Å². The number of rotatable bonds is 5. The van der Waals surface area contributed by atoms with Crippen molar-refractivity contribution in [2.45, 2.75) is 26.9 Å². The van der Waals surface area contributed by atoms with Gasteiger partial charge in [0.05, 0.1) is 19.2 Å². The molecule has 106 valence electrons. The second-order valence-corrected chi connectivity index (χ2v) is 4.52. The maximum atomic E-state index is 11.8. The van der Waals surface area contributed by atoms with Crippen LogP contribution in [0.2, 0.25) is 0 Å². The monoisotopic (exact) mass is 273 g/mol. The largest absolute Gasteiger partial charge is 0.465 e. The number of methoxy groups -OCH3 is 1. The van der Waals surface area contributed by atoms with Crippen LogP contribution in [-0.2, 0) is 17.8 Å². The molecule has 0 fully saturated rings. The summed E-state index contributed by atoms with van der Waals surface area (Å²) in [5, 5.41) is 3.25. The molecular weight excluding hydrogens is 254 g/mol. The summed E-state index contributed by atoms with van der Waals surface area (Å²) in [5.41, 5.74) is 2.32. The number of hydrogen-bond acceptors (Lipinski definition) is 4. The van der Waals surface area contributed by atoms with Crippen LogP contribution >= 0.6 is 0 Å². The second kappa shape index (κ2) is 6.23. The Morgan fingerprint density at radius 3 is 2.95 bits per heavy atom. The van der Waals surface area contributed by atoms with Gasteiger partial charge in [-0.15, -0.1) is 0 Å². The molecule has 1 aromatic carbocycles. The molecular formula is C15H19N3O2. The molecule has 1 N–H and O–H groups in total. The van der Waals surface area contributed by atoms with Crippen molar-refractivity contribution < 1.29 is 9.53 Å². The number of imidazole rings is 1. The zero-order valence-electron chi connectivity index (χ0n) is 12.0. The van der Waals surface area contributed by atoms with E-state index >= 15 is 0 Å². The van der Waals surface area contributed by atoms with Crippen LogP contribution in [0.4, 0.5) is 5.69 Å². The Hall–Kier alpha value is -2.30. The van der Waals surface area contributed by atoms with E-state index in [0.717, 1.165) is 23.6 Å². The minimum atomic E-state index is -0.338. The maximum Gasteiger partial charge on any atom is 0.339 e. The van der Waals surface area contributed by atoms with Gasteiger partial charge in [0.25, 0.3) is 0 Å². The van der Waals surface area contributed by atoms with Crippen molar-refractivity contribution in [2.75, 3.05) is 12.4 Å². The molecule has 2 aromatic rings. The number of aromatic nitrogens is 2. The van der Waals surface area contributed by atoms with Gasteiger partial charge in [0.1, 0.15) is 5.82 Å². The van der Waals surface area contributed by atoms with Crippen LogP contribution in [0.3, 0.4) is 0 Å². The summed E-state index contributed by atoms with van der Waals surface area (Å²) in [5.74, 6) is 0.596. The molecule has 0 unspecified atom stereocenters. The van der Waals surface area contributed by atoms with Crippen LogP contribution in [0, 0.1) is 6.92 Å². The number of aryl methyl sites for hydroxylation is 2. The minimum absolute atomic E-state index is 0.338. The Morgan fingerprint density at radius 2 is 2.25 bits per heavy atom. The highest BCUT2D eigenvalue weighted by atomic mass is 16.5. The minimum Gasteiger partial charge on any atom is -0.465 e. The quantitative estimate of drug-likeness (QED) is 0.851. The smallest absolute Gasteiger partial charge is 0.339 e. The molecule has 5 heteroatoms. The first-order valence-electron chi connectivity index (χ1n) is 6.58. The highest BCUT2D eigenvalue weighted by molar-refractivity contribution is 5.95. The van der Waals surface area contributed by atoms with Crippen molar-refractivity contribution in [2.24, 2.45) is 0 Å². The molecule has 0 spiro atoms. The fourth-order valence-corrected chi connectivity index (χ4v) is 2.06. The number of nitrogens with one attached hydrogen (secondary N) is 1. The summed E-state index contributed by atoms with van der Waals surface area (Å²) < 4.78 is 6.87. The number of hydrogen-bond donors (Lipinski definition) is 1. The Bertz CT molecular complexity index is 605. The van der Waals surface area contributed by atoms with E-state index in [9.17, 15) is 4.79 Å². The van der Waals surface area contributed by atoms with Crippen LogP contribution in [0.15, 0.2) is 30.6 Å². The number of anilines is 1. The Labute approximate surface area is 118 Å². The van der Waals surface area contributed by atoms with Gasteiger partial charge in [-0.3, -0.25) is 0 Å². The lowest BCUT2D eigenvalue weighted by Crippen LogP contribution is -2.11. The lowest BCUT2D eigenvalue weighted by molar-refractivity contribution is 0.0601. The number of carbonyl (C=O) groups excluding carboxylic acids is 1. The fraction of sp³-hybridized carbons (Fsp3) is 0.333. The van der Waals surface area contributed by atoms with Gasteiger partial charge in [-0.25, -0.2) is 9.78 Å². The van der Waals surface area contributed by atoms with E-state index in [-0.39, 0.29) is 5.97 Å². The highest BCUT2D eigenvalue weighted by Crippen LogP contribution is 2.19. The highest BCUT2D eigenvalue weighted by Gasteiger charge is 2.12. The van der Waals surface area contributed by atoms with Crippen molar-refractivity contribution in [1.29, 1.82) is 0 Å². The van der Waals surface area contributed by atoms with Gasteiger partial charge in [0.2, 0.25) is 0 Å². The van der Waals surface area contributed by atoms with E-state index in [1.807, 2.05) is 31.3 Å². The van der Waals surface area contributed by atoms with Crippen LogP contribution in [0.25, 0.3) is 0 Å². The predicted molar refractivity (Wildman–Crippen MR) is 77.7 cm³/mol. The second-order valence-electron chi connectivity index (χ2n) is 4.52. The number of esters is 1. The van der Waals surface area contributed by atoms with E-state index in [2.05, 4.69) is 21.8 Å². The first-order valence-corrected chi connectivity index (χ1v) is 6.58. The molecule has 0 bridgehead atoms. The summed E-state index contributed by atoms with van der Waals surface area (Å²) in [6.07, 6.45) is 3.71. The average Bonchev–Trinajstić information content (AvgIpc) is 2.92. The molecule has 20 heavy (non-hydrogen) atoms. The zero-order valence-corrected chi connectivity index (χ0v) is 12.0. The third-order valence-corrected chi connectivity index (χ3v) is 3.16. The van der Waals surface area contributed by atoms with Crippen molar-refractivity contribution in [1.82, 2.24) is 9.55 Å². The SMILES string of the molecule is CCn1ccnc1CNc1ccc(C)cc1C(=O)OC. The van der Waals surface area contributed by atoms with Gasteiger partial charge in [0, 0.05) is 24.6 Å². The molecule has 0 saturated carbocycles. The van der Waals surface area contributed by atoms with Gasteiger partial charge in [-0.2, -0.15) is 0 Å². The summed E-state index contributed by atoms with van der Waals surface area (Å²) in [4.78, 5) is 16.1. The lowest BCUT2D eigenvalue weighted by Gasteiger charge is -2.12. The summed E-state index contributed by atoms with van der Waals surface area (Å²) in [6.45, 7) is 5.44. The maximum absolute atomic E-state index is 11.8. The molecule has 0 radical (unpaired) electrons. The van der Waals surface area contributed by atoms with Gasteiger partial charge in [0.15, 0.2) is 0 Å². The number of benzene rings is 1. The van der Waals surface area contributed by atoms with Crippen LogP contribution < -0.4 is 5.32 Å². The van der Waals surface area contributed by atoms with Crippen molar-refractivity contribution in [3.05, 3.63) is 47.5 Å². The Balaban J connectivity index is 2.19. The van der Waals surface area contributed by atoms with E-state index < -0.39 is 0 Å². The molecule has 2 rings (SSSR count). The van der Waals surface area contributed by atoms with Crippen molar-refractivity contribution in [3.8, 4) is 0 Å². The molecule has 0 aliphatic heterocycles. The van der Waals surface area contributed by atoms with E-state index in [1.54, 1.807) is 6.20 Å². The summed E-state index contributed by atoms with van der Waals surface area (Å²) in [7, 11) is 1.39. The molecule has 5 nitrogen and oxygen atoms in total. The van der Waals surface area contributed by atoms with Crippen molar-refractivity contribution in [3.63, 3.8) is 0 Å². The van der Waals surface area contributed by atoms with E-state index in [4.69, 9.17) is 4.74 Å². The van der Waals surface area contributed by atoms with Crippen LogP contribution in [-0.4, -0.2) is 22.6 Å². The summed E-state index contributed by atoms with van der Waals surface area (Å²) >= 11 is 0. The van der Waals surface area contributed by atoms with Crippen molar-refractivity contribution >= 4 is 11.7 Å². The topological polar surface area (TPSA) is 56.2 Å². The molecule has 0 saturated heterocycles. The first kappa shape index (κ1) is 14.1. The predicted octanol–water partition coefficient (Wildman–Crippen LogP) is 2.61. The first-order chi connectivity index (χ1) is 9.65. The Morgan fingerprint density at radius 1 is 1.45 bits per heavy atom. The molecule has 1 heterocycles. The average molecular weight is 273 g/mol. The fourth-order valence-electron chi connectivity index (χ4n) is 2.06. The van der Waals surface area contributed by atoms with Crippen LogP contribution in [0.5, 0.6) is 0 Å². The van der Waals surface area contributed by atoms with Gasteiger partial charge in [-0.05, 0) is 26.0 Å². The molecule has 0 aliphatic carbocycles. The normalized spacial score (nSPS) is 10.3. The van der Waals surface area contributed by atoms with Gasteiger partial charge in [-0.1, -0.05) is 11.6 Å². The molecule has 0 amide bonds. The molecule has 0 aliphatic rings. The number of nitrogens with zero attached hydrogens (tertiary/aromatic N) is 2. The zero-order chi connectivity index (χ0) is 14.5. The van der Waals surface area contributed by atoms with E-state index in [0.29, 0.717) is 12.1 Å². The Kier molecular flexibility index (Phi) is 4.40. The summed E-state index contributed by atoms with van der Waals surface area (Å²) in [6, 6.07) is 5.67. The third kappa shape index (κ3) is 2.99. The standard InChI is InChI=1S/C15H19N3O2/c1-4-18-8-7-16-14(18)10-17-13-6-5-11(2)9-12(13)15(19)20-3/h5-9,17H,4,10H2,1-3H3. The number of carbonyl (C=O) groups is 1. The molecule has 0 atom stereocenters.